The summed E-state index contributed by atoms with van der Waals surface area (Å²) in [5, 5.41) is 10.2. The molecule has 0 radical (unpaired) electrons. The topological polar surface area (TPSA) is 40.1 Å². The second-order valence-corrected chi connectivity index (χ2v) is 6.06. The quantitative estimate of drug-likeness (QED) is 0.291. The van der Waals surface area contributed by atoms with Crippen molar-refractivity contribution in [3.63, 3.8) is 0 Å². The summed E-state index contributed by atoms with van der Waals surface area (Å²) in [6.07, 6.45) is 22.4. The summed E-state index contributed by atoms with van der Waals surface area (Å²) in [5.41, 5.74) is 0. The van der Waals surface area contributed by atoms with E-state index in [1.165, 1.54) is 70.6 Å². The third-order valence-electron chi connectivity index (χ3n) is 3.89. The number of carboxylic acids is 1. The third-order valence-corrected chi connectivity index (χ3v) is 3.89. The van der Waals surface area contributed by atoms with E-state index in [-0.39, 0.29) is 6.42 Å². The van der Waals surface area contributed by atoms with Crippen LogP contribution in [0.4, 0.5) is 0 Å². The molecule has 0 aliphatic rings. The van der Waals surface area contributed by atoms with Crippen LogP contribution in [0.15, 0.2) is 12.2 Å². The van der Waals surface area contributed by atoms with Gasteiger partial charge < -0.3 is 9.90 Å². The van der Waals surface area contributed by atoms with Gasteiger partial charge in [0.2, 0.25) is 0 Å². The highest BCUT2D eigenvalue weighted by Crippen LogP contribution is 2.10. The average Bonchev–Trinajstić information content (AvgIpc) is 2.46. The van der Waals surface area contributed by atoms with E-state index in [1.54, 1.807) is 0 Å². The summed E-state index contributed by atoms with van der Waals surface area (Å²) in [4.78, 5) is 10.2. The summed E-state index contributed by atoms with van der Waals surface area (Å²) < 4.78 is 0. The van der Waals surface area contributed by atoms with Crippen molar-refractivity contribution in [3.8, 4) is 0 Å². The first-order chi connectivity index (χ1) is 10.3. The first-order valence-electron chi connectivity index (χ1n) is 9.12. The molecule has 2 heteroatoms. The Morgan fingerprint density at radius 1 is 0.714 bits per heavy atom. The van der Waals surface area contributed by atoms with E-state index < -0.39 is 5.97 Å². The summed E-state index contributed by atoms with van der Waals surface area (Å²) in [6.45, 7) is 2.26. The van der Waals surface area contributed by atoms with Crippen molar-refractivity contribution in [1.29, 1.82) is 0 Å². The zero-order valence-corrected chi connectivity index (χ0v) is 14.1. The standard InChI is InChI=1S/C19H36O2/c1-2-3-4-5-6-7-8-9-10-11-12-13-14-15-16-17-18-19(20)21/h9-10H,2-8,11-18H2,1H3,(H,20,21)/p-1. The van der Waals surface area contributed by atoms with Gasteiger partial charge in [-0.15, -0.1) is 0 Å². The van der Waals surface area contributed by atoms with Gasteiger partial charge in [0.1, 0.15) is 0 Å². The number of allylic oxidation sites excluding steroid dienone is 2. The van der Waals surface area contributed by atoms with Gasteiger partial charge in [-0.2, -0.15) is 0 Å². The van der Waals surface area contributed by atoms with E-state index in [1.807, 2.05) is 0 Å². The van der Waals surface area contributed by atoms with E-state index in [9.17, 15) is 9.90 Å². The van der Waals surface area contributed by atoms with Gasteiger partial charge in [0.25, 0.3) is 0 Å². The monoisotopic (exact) mass is 295 g/mol. The molecule has 0 aliphatic heterocycles. The fraction of sp³-hybridized carbons (Fsp3) is 0.842. The van der Waals surface area contributed by atoms with Gasteiger partial charge >= 0.3 is 0 Å². The molecule has 21 heavy (non-hydrogen) atoms. The molecule has 0 heterocycles. The van der Waals surface area contributed by atoms with Crippen LogP contribution in [-0.2, 0) is 4.79 Å². The van der Waals surface area contributed by atoms with Gasteiger partial charge in [0, 0.05) is 5.97 Å². The Morgan fingerprint density at radius 2 is 1.14 bits per heavy atom. The van der Waals surface area contributed by atoms with E-state index in [4.69, 9.17) is 0 Å². The van der Waals surface area contributed by atoms with Gasteiger partial charge in [-0.3, -0.25) is 0 Å². The Kier molecular flexibility index (Phi) is 16.6. The minimum atomic E-state index is -0.912. The SMILES string of the molecule is CCCCCCCCC=CCCCCCCCCC(=O)[O-]. The number of carbonyl (C=O) groups excluding carboxylic acids is 1. The Balaban J connectivity index is 3.07. The molecule has 0 saturated heterocycles. The predicted octanol–water partition coefficient (Wildman–Crippen LogP) is 5.16. The highest BCUT2D eigenvalue weighted by atomic mass is 16.4. The largest absolute Gasteiger partial charge is 0.550 e. The third kappa shape index (κ3) is 19.2. The van der Waals surface area contributed by atoms with Crippen LogP contribution in [0.1, 0.15) is 103 Å². The van der Waals surface area contributed by atoms with Crippen LogP contribution in [0.5, 0.6) is 0 Å². The molecule has 0 bridgehead atoms. The highest BCUT2D eigenvalue weighted by Gasteiger charge is 1.92. The summed E-state index contributed by atoms with van der Waals surface area (Å²) in [5.74, 6) is -0.912. The molecule has 0 saturated carbocycles. The van der Waals surface area contributed by atoms with Crippen LogP contribution in [0, 0.1) is 0 Å². The lowest BCUT2D eigenvalue weighted by Crippen LogP contribution is -2.21. The Hall–Kier alpha value is -0.790. The zero-order chi connectivity index (χ0) is 15.6. The Labute approximate surface area is 132 Å². The van der Waals surface area contributed by atoms with Crippen molar-refractivity contribution in [2.75, 3.05) is 0 Å². The maximum atomic E-state index is 10.2. The second-order valence-electron chi connectivity index (χ2n) is 6.06. The fourth-order valence-corrected chi connectivity index (χ4v) is 2.52. The van der Waals surface area contributed by atoms with Crippen LogP contribution < -0.4 is 5.11 Å². The lowest BCUT2D eigenvalue weighted by atomic mass is 10.1. The number of unbranched alkanes of at least 4 members (excludes halogenated alkanes) is 12. The van der Waals surface area contributed by atoms with Gasteiger partial charge in [0.15, 0.2) is 0 Å². The first-order valence-corrected chi connectivity index (χ1v) is 9.12. The van der Waals surface area contributed by atoms with Crippen molar-refractivity contribution >= 4 is 5.97 Å². The molecule has 0 aliphatic carbocycles. The smallest absolute Gasteiger partial charge is 0.0414 e. The normalized spacial score (nSPS) is 11.3. The van der Waals surface area contributed by atoms with E-state index in [0.717, 1.165) is 19.3 Å². The van der Waals surface area contributed by atoms with Crippen LogP contribution in [0.25, 0.3) is 0 Å². The van der Waals surface area contributed by atoms with Crippen LogP contribution in [0.3, 0.4) is 0 Å². The Morgan fingerprint density at radius 3 is 1.62 bits per heavy atom. The highest BCUT2D eigenvalue weighted by molar-refractivity contribution is 5.63. The van der Waals surface area contributed by atoms with Gasteiger partial charge in [-0.1, -0.05) is 76.9 Å². The molecule has 0 atom stereocenters. The van der Waals surface area contributed by atoms with Gasteiger partial charge in [0.05, 0.1) is 0 Å². The van der Waals surface area contributed by atoms with E-state index in [0.29, 0.717) is 0 Å². The van der Waals surface area contributed by atoms with Crippen LogP contribution in [-0.4, -0.2) is 5.97 Å². The summed E-state index contributed by atoms with van der Waals surface area (Å²) >= 11 is 0. The zero-order valence-electron chi connectivity index (χ0n) is 14.1. The number of carboxylic acid groups (broad SMARTS) is 1. The number of rotatable bonds is 16. The molecule has 0 aromatic rings. The van der Waals surface area contributed by atoms with Crippen molar-refractivity contribution in [2.45, 2.75) is 103 Å². The lowest BCUT2D eigenvalue weighted by Gasteiger charge is -2.02. The second kappa shape index (κ2) is 17.3. The van der Waals surface area contributed by atoms with Crippen molar-refractivity contribution in [2.24, 2.45) is 0 Å². The molecule has 0 amide bonds. The molecule has 2 nitrogen and oxygen atoms in total. The molecular weight excluding hydrogens is 260 g/mol. The molecule has 124 valence electrons. The molecule has 0 aromatic heterocycles. The van der Waals surface area contributed by atoms with Crippen LogP contribution in [0.2, 0.25) is 0 Å². The number of hydrogen-bond acceptors (Lipinski definition) is 2. The maximum absolute atomic E-state index is 10.2. The molecule has 0 aromatic carbocycles. The van der Waals surface area contributed by atoms with Crippen LogP contribution >= 0.6 is 0 Å². The number of hydrogen-bond donors (Lipinski definition) is 0. The van der Waals surface area contributed by atoms with E-state index >= 15 is 0 Å². The first kappa shape index (κ1) is 20.2. The number of carbonyl (C=O) groups is 1. The molecule has 0 unspecified atom stereocenters. The summed E-state index contributed by atoms with van der Waals surface area (Å²) in [6, 6.07) is 0. The average molecular weight is 295 g/mol. The van der Waals surface area contributed by atoms with Gasteiger partial charge in [-0.25, -0.2) is 0 Å². The molecule has 0 rings (SSSR count). The van der Waals surface area contributed by atoms with Crippen molar-refractivity contribution < 1.29 is 9.90 Å². The molecular formula is C19H35O2-. The predicted molar refractivity (Wildman–Crippen MR) is 89.1 cm³/mol. The lowest BCUT2D eigenvalue weighted by molar-refractivity contribution is -0.305. The summed E-state index contributed by atoms with van der Waals surface area (Å²) in [7, 11) is 0. The molecule has 0 spiro atoms. The van der Waals surface area contributed by atoms with Gasteiger partial charge in [-0.05, 0) is 38.5 Å². The molecule has 0 fully saturated rings. The van der Waals surface area contributed by atoms with E-state index in [2.05, 4.69) is 19.1 Å². The fourth-order valence-electron chi connectivity index (χ4n) is 2.52. The van der Waals surface area contributed by atoms with Crippen molar-refractivity contribution in [3.05, 3.63) is 12.2 Å². The number of aliphatic carboxylic acids is 1. The minimum absolute atomic E-state index is 0.223. The van der Waals surface area contributed by atoms with Crippen molar-refractivity contribution in [1.82, 2.24) is 0 Å². The minimum Gasteiger partial charge on any atom is -0.550 e. The molecule has 0 N–H and O–H groups in total. The maximum Gasteiger partial charge on any atom is 0.0414 e. The Bertz CT molecular complexity index is 246.